The molecule has 1 atom stereocenters. The molecule has 0 radical (unpaired) electrons. The highest BCUT2D eigenvalue weighted by Gasteiger charge is 2.03. The average molecular weight is 267 g/mol. The number of nitrogens with zero attached hydrogens (tertiary/aromatic N) is 2. The van der Waals surface area contributed by atoms with Crippen molar-refractivity contribution in [3.05, 3.63) is 46.7 Å². The Morgan fingerprint density at radius 3 is 2.70 bits per heavy atom. The smallest absolute Gasteiger partial charge is 0.0726 e. The number of hydrogen-bond acceptors (Lipinski definition) is 3. The third-order valence-electron chi connectivity index (χ3n) is 3.48. The predicted octanol–water partition coefficient (Wildman–Crippen LogP) is 1.64. The fourth-order valence-corrected chi connectivity index (χ4v) is 2.10. The SMILES string of the molecule is C/C=c1/cnc(-c2cnccc2C)c/c1=C/C(C)NC. The molecule has 0 aliphatic heterocycles. The van der Waals surface area contributed by atoms with Crippen molar-refractivity contribution in [2.24, 2.45) is 0 Å². The minimum atomic E-state index is 0.318. The van der Waals surface area contributed by atoms with Crippen LogP contribution in [-0.2, 0) is 0 Å². The molecule has 0 fully saturated rings. The summed E-state index contributed by atoms with van der Waals surface area (Å²) < 4.78 is 0. The number of nitrogens with one attached hydrogen (secondary N) is 1. The molecule has 0 aliphatic rings. The summed E-state index contributed by atoms with van der Waals surface area (Å²) in [5, 5.41) is 5.58. The highest BCUT2D eigenvalue weighted by molar-refractivity contribution is 5.62. The number of hydrogen-bond donors (Lipinski definition) is 1. The highest BCUT2D eigenvalue weighted by atomic mass is 14.8. The number of rotatable bonds is 3. The van der Waals surface area contributed by atoms with Crippen LogP contribution in [0.5, 0.6) is 0 Å². The Hall–Kier alpha value is -2.00. The van der Waals surface area contributed by atoms with Gasteiger partial charge in [0, 0.05) is 30.2 Å². The van der Waals surface area contributed by atoms with Crippen molar-refractivity contribution in [3.8, 4) is 11.3 Å². The summed E-state index contributed by atoms with van der Waals surface area (Å²) in [4.78, 5) is 8.76. The minimum Gasteiger partial charge on any atom is -0.314 e. The summed E-state index contributed by atoms with van der Waals surface area (Å²) in [5.41, 5.74) is 3.24. The first-order valence-corrected chi connectivity index (χ1v) is 6.88. The monoisotopic (exact) mass is 267 g/mol. The first kappa shape index (κ1) is 14.4. The van der Waals surface area contributed by atoms with Gasteiger partial charge in [0.25, 0.3) is 0 Å². The van der Waals surface area contributed by atoms with Gasteiger partial charge in [0.1, 0.15) is 0 Å². The quantitative estimate of drug-likeness (QED) is 0.918. The van der Waals surface area contributed by atoms with Crippen LogP contribution in [0.4, 0.5) is 0 Å². The molecule has 20 heavy (non-hydrogen) atoms. The van der Waals surface area contributed by atoms with E-state index in [9.17, 15) is 0 Å². The maximum Gasteiger partial charge on any atom is 0.0726 e. The zero-order chi connectivity index (χ0) is 14.5. The van der Waals surface area contributed by atoms with Crippen LogP contribution in [0.1, 0.15) is 19.4 Å². The van der Waals surface area contributed by atoms with E-state index in [0.29, 0.717) is 6.04 Å². The molecule has 0 amide bonds. The minimum absolute atomic E-state index is 0.318. The van der Waals surface area contributed by atoms with Gasteiger partial charge < -0.3 is 5.32 Å². The van der Waals surface area contributed by atoms with Crippen LogP contribution in [-0.4, -0.2) is 23.1 Å². The lowest BCUT2D eigenvalue weighted by molar-refractivity contribution is 0.758. The van der Waals surface area contributed by atoms with Crippen molar-refractivity contribution in [1.82, 2.24) is 15.3 Å². The number of aryl methyl sites for hydroxylation is 1. The summed E-state index contributed by atoms with van der Waals surface area (Å²) in [7, 11) is 1.96. The summed E-state index contributed by atoms with van der Waals surface area (Å²) in [5.74, 6) is 0. The largest absolute Gasteiger partial charge is 0.314 e. The summed E-state index contributed by atoms with van der Waals surface area (Å²) in [6.07, 6.45) is 9.91. The summed E-state index contributed by atoms with van der Waals surface area (Å²) >= 11 is 0. The van der Waals surface area contributed by atoms with E-state index >= 15 is 0 Å². The van der Waals surface area contributed by atoms with Crippen LogP contribution in [0, 0.1) is 6.92 Å². The van der Waals surface area contributed by atoms with E-state index in [1.807, 2.05) is 38.6 Å². The van der Waals surface area contributed by atoms with E-state index in [0.717, 1.165) is 16.5 Å². The van der Waals surface area contributed by atoms with E-state index in [1.54, 1.807) is 0 Å². The first-order valence-electron chi connectivity index (χ1n) is 6.88. The molecule has 1 N–H and O–H groups in total. The van der Waals surface area contributed by atoms with Gasteiger partial charge in [-0.25, -0.2) is 0 Å². The molecule has 2 aromatic rings. The molecule has 2 aromatic heterocycles. The molecule has 0 bridgehead atoms. The molecule has 0 saturated heterocycles. The van der Waals surface area contributed by atoms with Gasteiger partial charge in [0.05, 0.1) is 5.69 Å². The fraction of sp³-hybridized carbons (Fsp3) is 0.294. The van der Waals surface area contributed by atoms with Crippen molar-refractivity contribution in [2.45, 2.75) is 26.8 Å². The molecule has 104 valence electrons. The second kappa shape index (κ2) is 6.44. The Balaban J connectivity index is 2.62. The van der Waals surface area contributed by atoms with Crippen molar-refractivity contribution >= 4 is 12.2 Å². The Bertz CT molecular complexity index is 704. The van der Waals surface area contributed by atoms with Crippen LogP contribution in [0.15, 0.2) is 30.7 Å². The van der Waals surface area contributed by atoms with Gasteiger partial charge in [-0.3, -0.25) is 9.97 Å². The maximum absolute atomic E-state index is 4.56. The third-order valence-corrected chi connectivity index (χ3v) is 3.48. The van der Waals surface area contributed by atoms with E-state index in [-0.39, 0.29) is 0 Å². The molecular formula is C17H21N3. The van der Waals surface area contributed by atoms with Gasteiger partial charge in [-0.05, 0) is 56.0 Å². The topological polar surface area (TPSA) is 37.8 Å². The van der Waals surface area contributed by atoms with Crippen LogP contribution in [0.25, 0.3) is 23.4 Å². The average Bonchev–Trinajstić information content (AvgIpc) is 2.47. The van der Waals surface area contributed by atoms with Crippen molar-refractivity contribution in [1.29, 1.82) is 0 Å². The lowest BCUT2D eigenvalue weighted by Gasteiger charge is -2.06. The highest BCUT2D eigenvalue weighted by Crippen LogP contribution is 2.17. The zero-order valence-electron chi connectivity index (χ0n) is 12.5. The third kappa shape index (κ3) is 3.11. The molecule has 2 rings (SSSR count). The standard InChI is InChI=1S/C17H21N3/c1-5-14-10-20-17(9-15(14)8-13(3)18-4)16-11-19-7-6-12(16)2/h5-11,13,18H,1-4H3/b14-5-,15-8-. The molecular weight excluding hydrogens is 246 g/mol. The van der Waals surface area contributed by atoms with Gasteiger partial charge in [0.2, 0.25) is 0 Å². The second-order valence-electron chi connectivity index (χ2n) is 4.92. The maximum atomic E-state index is 4.56. The normalized spacial score (nSPS) is 14.6. The Kier molecular flexibility index (Phi) is 4.64. The molecule has 3 heteroatoms. The lowest BCUT2D eigenvalue weighted by atomic mass is 10.1. The van der Waals surface area contributed by atoms with Gasteiger partial charge in [-0.15, -0.1) is 0 Å². The summed E-state index contributed by atoms with van der Waals surface area (Å²) in [6, 6.07) is 4.46. The van der Waals surface area contributed by atoms with Crippen LogP contribution >= 0.6 is 0 Å². The molecule has 3 nitrogen and oxygen atoms in total. The van der Waals surface area contributed by atoms with Crippen molar-refractivity contribution in [3.63, 3.8) is 0 Å². The van der Waals surface area contributed by atoms with Crippen molar-refractivity contribution in [2.75, 3.05) is 7.05 Å². The van der Waals surface area contributed by atoms with E-state index < -0.39 is 0 Å². The molecule has 0 saturated carbocycles. The van der Waals surface area contributed by atoms with Gasteiger partial charge in [0.15, 0.2) is 0 Å². The van der Waals surface area contributed by atoms with E-state index in [4.69, 9.17) is 0 Å². The van der Waals surface area contributed by atoms with Crippen LogP contribution in [0.3, 0.4) is 0 Å². The van der Waals surface area contributed by atoms with Gasteiger partial charge in [-0.1, -0.05) is 12.2 Å². The molecule has 0 aliphatic carbocycles. The number of aromatic nitrogens is 2. The summed E-state index contributed by atoms with van der Waals surface area (Å²) in [6.45, 7) is 6.25. The van der Waals surface area contributed by atoms with Crippen LogP contribution < -0.4 is 15.8 Å². The lowest BCUT2D eigenvalue weighted by Crippen LogP contribution is -2.30. The Labute approximate surface area is 120 Å². The number of pyridine rings is 2. The molecule has 1 unspecified atom stereocenters. The van der Waals surface area contributed by atoms with Crippen molar-refractivity contribution < 1.29 is 0 Å². The molecule has 0 spiro atoms. The Morgan fingerprint density at radius 1 is 1.25 bits per heavy atom. The van der Waals surface area contributed by atoms with Gasteiger partial charge in [-0.2, -0.15) is 0 Å². The second-order valence-corrected chi connectivity index (χ2v) is 4.92. The Morgan fingerprint density at radius 2 is 2.05 bits per heavy atom. The fourth-order valence-electron chi connectivity index (χ4n) is 2.10. The zero-order valence-corrected chi connectivity index (χ0v) is 12.5. The van der Waals surface area contributed by atoms with Crippen LogP contribution in [0.2, 0.25) is 0 Å². The van der Waals surface area contributed by atoms with E-state index in [1.165, 1.54) is 10.8 Å². The van der Waals surface area contributed by atoms with Gasteiger partial charge >= 0.3 is 0 Å². The first-order chi connectivity index (χ1) is 9.65. The predicted molar refractivity (Wildman–Crippen MR) is 84.6 cm³/mol. The molecule has 2 heterocycles. The molecule has 0 aromatic carbocycles. The van der Waals surface area contributed by atoms with E-state index in [2.05, 4.69) is 47.4 Å².